The van der Waals surface area contributed by atoms with E-state index in [0.29, 0.717) is 0 Å². The monoisotopic (exact) mass is 418 g/mol. The van der Waals surface area contributed by atoms with E-state index in [-0.39, 0.29) is 20.0 Å². The van der Waals surface area contributed by atoms with Gasteiger partial charge in [0.15, 0.2) is 5.65 Å². The summed E-state index contributed by atoms with van der Waals surface area (Å²) in [5, 5.41) is 20.9. The van der Waals surface area contributed by atoms with Crippen LogP contribution in [0.15, 0.2) is 41.3 Å². The second kappa shape index (κ2) is 7.59. The molecule has 0 unspecified atom stereocenters. The molecule has 0 bridgehead atoms. The average molecular weight is 419 g/mol. The molecule has 0 aliphatic heterocycles. The van der Waals surface area contributed by atoms with Gasteiger partial charge in [-0.25, -0.2) is 4.98 Å². The van der Waals surface area contributed by atoms with Crippen LogP contribution < -0.4 is 10.6 Å². The SMILES string of the molecule is OC[C@H]1CCCC[C@H]1Nc1cc(Nc2cccnc2)n2ncc(Br)c2n1.[HH]. The molecule has 3 aromatic heterocycles. The fourth-order valence-electron chi connectivity index (χ4n) is 3.49. The van der Waals surface area contributed by atoms with Crippen molar-refractivity contribution in [3.8, 4) is 0 Å². The molecule has 0 amide bonds. The second-order valence-corrected chi connectivity index (χ2v) is 7.45. The lowest BCUT2D eigenvalue weighted by Crippen LogP contribution is -2.34. The van der Waals surface area contributed by atoms with E-state index >= 15 is 0 Å². The highest BCUT2D eigenvalue weighted by Gasteiger charge is 2.25. The number of nitrogens with one attached hydrogen (secondary N) is 2. The van der Waals surface area contributed by atoms with Crippen molar-refractivity contribution in [2.45, 2.75) is 31.7 Å². The van der Waals surface area contributed by atoms with Gasteiger partial charge in [-0.1, -0.05) is 12.8 Å². The van der Waals surface area contributed by atoms with Crippen molar-refractivity contribution in [3.63, 3.8) is 0 Å². The van der Waals surface area contributed by atoms with E-state index in [9.17, 15) is 5.11 Å². The van der Waals surface area contributed by atoms with Crippen LogP contribution >= 0.6 is 15.9 Å². The quantitative estimate of drug-likeness (QED) is 0.583. The first kappa shape index (κ1) is 17.2. The van der Waals surface area contributed by atoms with Crippen molar-refractivity contribution in [3.05, 3.63) is 41.3 Å². The van der Waals surface area contributed by atoms with Gasteiger partial charge in [-0.3, -0.25) is 4.98 Å². The first-order valence-electron chi connectivity index (χ1n) is 8.83. The van der Waals surface area contributed by atoms with Crippen molar-refractivity contribution in [2.24, 2.45) is 5.92 Å². The standard InChI is InChI=1S/C18H21BrN6O.H2/c19-14-10-21-25-17(22-13-5-3-7-20-9-13)8-16(24-18(14)25)23-15-6-2-1-4-12(15)11-26;/h3,5,7-10,12,15,22,26H,1-2,4,6,11H2,(H,23,24);1H/t12-,15-;/m1./s1. The first-order chi connectivity index (χ1) is 12.7. The topological polar surface area (TPSA) is 87.4 Å². The predicted molar refractivity (Wildman–Crippen MR) is 107 cm³/mol. The Balaban J connectivity index is 0.00000210. The van der Waals surface area contributed by atoms with E-state index < -0.39 is 0 Å². The van der Waals surface area contributed by atoms with Crippen LogP contribution in [0.1, 0.15) is 27.1 Å². The summed E-state index contributed by atoms with van der Waals surface area (Å²) in [6.07, 6.45) is 9.68. The molecule has 3 aromatic rings. The molecule has 2 atom stereocenters. The maximum Gasteiger partial charge on any atom is 0.173 e. The van der Waals surface area contributed by atoms with E-state index in [1.165, 1.54) is 12.8 Å². The van der Waals surface area contributed by atoms with Crippen LogP contribution in [0.4, 0.5) is 17.3 Å². The zero-order valence-electron chi connectivity index (χ0n) is 14.3. The van der Waals surface area contributed by atoms with Crippen molar-refractivity contribution in [1.82, 2.24) is 19.6 Å². The van der Waals surface area contributed by atoms with Crippen LogP contribution in [0, 0.1) is 5.92 Å². The Morgan fingerprint density at radius 3 is 3.00 bits per heavy atom. The van der Waals surface area contributed by atoms with E-state index in [2.05, 4.69) is 36.6 Å². The summed E-state index contributed by atoms with van der Waals surface area (Å²) < 4.78 is 2.59. The Labute approximate surface area is 161 Å². The van der Waals surface area contributed by atoms with Crippen LogP contribution in [-0.2, 0) is 0 Å². The molecular weight excluding hydrogens is 396 g/mol. The maximum absolute atomic E-state index is 9.67. The van der Waals surface area contributed by atoms with Gasteiger partial charge in [-0.05, 0) is 40.9 Å². The summed E-state index contributed by atoms with van der Waals surface area (Å²) >= 11 is 3.52. The Morgan fingerprint density at radius 1 is 1.31 bits per heavy atom. The summed E-state index contributed by atoms with van der Waals surface area (Å²) in [7, 11) is 0. The molecule has 7 nitrogen and oxygen atoms in total. The number of anilines is 3. The summed E-state index contributed by atoms with van der Waals surface area (Å²) in [6, 6.07) is 6.01. The maximum atomic E-state index is 9.67. The fourth-order valence-corrected chi connectivity index (χ4v) is 3.84. The van der Waals surface area contributed by atoms with Crippen LogP contribution in [0.3, 0.4) is 0 Å². The zero-order chi connectivity index (χ0) is 17.9. The molecule has 4 rings (SSSR count). The number of hydrogen-bond acceptors (Lipinski definition) is 6. The van der Waals surface area contributed by atoms with Crippen molar-refractivity contribution in [1.29, 1.82) is 0 Å². The molecule has 0 aromatic carbocycles. The van der Waals surface area contributed by atoms with E-state index in [1.54, 1.807) is 23.1 Å². The van der Waals surface area contributed by atoms with Gasteiger partial charge < -0.3 is 15.7 Å². The van der Waals surface area contributed by atoms with Crippen LogP contribution in [-0.4, -0.2) is 37.3 Å². The van der Waals surface area contributed by atoms with Crippen molar-refractivity contribution >= 4 is 38.9 Å². The van der Waals surface area contributed by atoms with Crippen molar-refractivity contribution in [2.75, 3.05) is 17.2 Å². The lowest BCUT2D eigenvalue weighted by Gasteiger charge is -2.31. The average Bonchev–Trinajstić information content (AvgIpc) is 3.04. The predicted octanol–water partition coefficient (Wildman–Crippen LogP) is 3.84. The second-order valence-electron chi connectivity index (χ2n) is 6.60. The molecule has 8 heteroatoms. The minimum atomic E-state index is 0. The van der Waals surface area contributed by atoms with Gasteiger partial charge in [0.2, 0.25) is 0 Å². The molecule has 1 aliphatic rings. The lowest BCUT2D eigenvalue weighted by molar-refractivity contribution is 0.178. The Morgan fingerprint density at radius 2 is 2.19 bits per heavy atom. The number of aliphatic hydroxyl groups excluding tert-OH is 1. The molecule has 3 N–H and O–H groups in total. The zero-order valence-corrected chi connectivity index (χ0v) is 15.9. The molecular formula is C18H23BrN6O. The van der Waals surface area contributed by atoms with Gasteiger partial charge in [0.25, 0.3) is 0 Å². The first-order valence-corrected chi connectivity index (χ1v) is 9.62. The minimum absolute atomic E-state index is 0. The number of halogens is 1. The van der Waals surface area contributed by atoms with E-state index in [1.807, 2.05) is 18.2 Å². The third kappa shape index (κ3) is 3.52. The lowest BCUT2D eigenvalue weighted by atomic mass is 9.85. The minimum Gasteiger partial charge on any atom is -0.396 e. The largest absolute Gasteiger partial charge is 0.396 e. The van der Waals surface area contributed by atoms with Gasteiger partial charge in [0.1, 0.15) is 11.6 Å². The normalized spacial score (nSPS) is 20.2. The smallest absolute Gasteiger partial charge is 0.173 e. The highest BCUT2D eigenvalue weighted by Crippen LogP contribution is 2.29. The van der Waals surface area contributed by atoms with Gasteiger partial charge in [0.05, 0.1) is 22.6 Å². The fraction of sp³-hybridized carbons (Fsp3) is 0.389. The molecule has 0 saturated heterocycles. The van der Waals surface area contributed by atoms with Gasteiger partial charge in [0, 0.05) is 32.3 Å². The van der Waals surface area contributed by atoms with Crippen LogP contribution in [0.25, 0.3) is 5.65 Å². The Bertz CT molecular complexity index is 890. The van der Waals surface area contributed by atoms with Crippen LogP contribution in [0.2, 0.25) is 0 Å². The number of aliphatic hydroxyl groups is 1. The molecule has 1 saturated carbocycles. The number of rotatable bonds is 5. The highest BCUT2D eigenvalue weighted by atomic mass is 79.9. The number of fused-ring (bicyclic) bond motifs is 1. The van der Waals surface area contributed by atoms with Gasteiger partial charge >= 0.3 is 0 Å². The number of nitrogens with zero attached hydrogens (tertiary/aromatic N) is 4. The summed E-state index contributed by atoms with van der Waals surface area (Å²) in [6.45, 7) is 0.205. The van der Waals surface area contributed by atoms with E-state index in [0.717, 1.165) is 40.3 Å². The van der Waals surface area contributed by atoms with Gasteiger partial charge in [-0.15, -0.1) is 0 Å². The number of pyridine rings is 1. The summed E-state index contributed by atoms with van der Waals surface area (Å²) in [5.74, 6) is 1.84. The molecule has 3 heterocycles. The number of hydrogen-bond donors (Lipinski definition) is 3. The van der Waals surface area contributed by atoms with E-state index in [4.69, 9.17) is 4.98 Å². The highest BCUT2D eigenvalue weighted by molar-refractivity contribution is 9.10. The Hall–Kier alpha value is -2.19. The third-order valence-corrected chi connectivity index (χ3v) is 5.40. The van der Waals surface area contributed by atoms with Gasteiger partial charge in [-0.2, -0.15) is 9.61 Å². The van der Waals surface area contributed by atoms with Crippen LogP contribution in [0.5, 0.6) is 0 Å². The molecule has 0 spiro atoms. The summed E-state index contributed by atoms with van der Waals surface area (Å²) in [4.78, 5) is 8.85. The summed E-state index contributed by atoms with van der Waals surface area (Å²) in [5.41, 5.74) is 1.61. The molecule has 0 radical (unpaired) electrons. The number of aromatic nitrogens is 4. The molecule has 138 valence electrons. The van der Waals surface area contributed by atoms with Crippen molar-refractivity contribution < 1.29 is 6.53 Å². The third-order valence-electron chi connectivity index (χ3n) is 4.84. The molecule has 1 aliphatic carbocycles. The molecule has 26 heavy (non-hydrogen) atoms. The Kier molecular flexibility index (Phi) is 5.03. The molecule has 1 fully saturated rings.